The molecule has 1 aromatic carbocycles. The van der Waals surface area contributed by atoms with E-state index in [-0.39, 0.29) is 0 Å². The SMILES string of the molecule is NCC1CCCC1OC1CCCc2ccccc21. The molecule has 3 rings (SSSR count). The first-order valence-corrected chi connectivity index (χ1v) is 7.32. The van der Waals surface area contributed by atoms with E-state index >= 15 is 0 Å². The second-order valence-corrected chi connectivity index (χ2v) is 5.68. The van der Waals surface area contributed by atoms with Gasteiger partial charge < -0.3 is 10.5 Å². The van der Waals surface area contributed by atoms with Crippen LogP contribution in [0.15, 0.2) is 24.3 Å². The zero-order valence-electron chi connectivity index (χ0n) is 11.0. The van der Waals surface area contributed by atoms with Crippen molar-refractivity contribution >= 4 is 0 Å². The Kier molecular flexibility index (Phi) is 3.67. The summed E-state index contributed by atoms with van der Waals surface area (Å²) in [5.41, 5.74) is 8.75. The summed E-state index contributed by atoms with van der Waals surface area (Å²) in [5, 5.41) is 0. The van der Waals surface area contributed by atoms with Crippen molar-refractivity contribution in [2.75, 3.05) is 6.54 Å². The summed E-state index contributed by atoms with van der Waals surface area (Å²) in [7, 11) is 0. The third-order valence-corrected chi connectivity index (χ3v) is 4.55. The molecule has 3 unspecified atom stereocenters. The van der Waals surface area contributed by atoms with E-state index in [4.69, 9.17) is 10.5 Å². The zero-order chi connectivity index (χ0) is 12.4. The van der Waals surface area contributed by atoms with Gasteiger partial charge in [-0.3, -0.25) is 0 Å². The van der Waals surface area contributed by atoms with Gasteiger partial charge in [0.2, 0.25) is 0 Å². The van der Waals surface area contributed by atoms with Gasteiger partial charge >= 0.3 is 0 Å². The highest BCUT2D eigenvalue weighted by Crippen LogP contribution is 2.37. The maximum atomic E-state index is 6.40. The highest BCUT2D eigenvalue weighted by molar-refractivity contribution is 5.31. The molecule has 2 nitrogen and oxygen atoms in total. The lowest BCUT2D eigenvalue weighted by molar-refractivity contribution is -0.0386. The third-order valence-electron chi connectivity index (χ3n) is 4.55. The van der Waals surface area contributed by atoms with Crippen LogP contribution in [0, 0.1) is 5.92 Å². The van der Waals surface area contributed by atoms with Crippen LogP contribution in [0.2, 0.25) is 0 Å². The van der Waals surface area contributed by atoms with Crippen molar-refractivity contribution in [2.24, 2.45) is 11.7 Å². The van der Waals surface area contributed by atoms with Crippen LogP contribution in [0.3, 0.4) is 0 Å². The van der Waals surface area contributed by atoms with Crippen LogP contribution in [0.4, 0.5) is 0 Å². The van der Waals surface area contributed by atoms with Gasteiger partial charge in [0.1, 0.15) is 0 Å². The Bertz CT molecular complexity index is 404. The molecule has 0 saturated heterocycles. The molecule has 18 heavy (non-hydrogen) atoms. The molecule has 1 aromatic rings. The largest absolute Gasteiger partial charge is 0.370 e. The van der Waals surface area contributed by atoms with Crippen LogP contribution in [0.1, 0.15) is 49.3 Å². The minimum atomic E-state index is 0.312. The molecule has 1 saturated carbocycles. The van der Waals surface area contributed by atoms with E-state index in [9.17, 15) is 0 Å². The summed E-state index contributed by atoms with van der Waals surface area (Å²) in [4.78, 5) is 0. The molecule has 0 amide bonds. The van der Waals surface area contributed by atoms with Crippen molar-refractivity contribution in [3.63, 3.8) is 0 Å². The van der Waals surface area contributed by atoms with Gasteiger partial charge in [-0.05, 0) is 55.7 Å². The van der Waals surface area contributed by atoms with E-state index in [0.29, 0.717) is 18.1 Å². The van der Waals surface area contributed by atoms with Gasteiger partial charge in [0.15, 0.2) is 0 Å². The van der Waals surface area contributed by atoms with E-state index in [1.165, 1.54) is 49.7 Å². The summed E-state index contributed by atoms with van der Waals surface area (Å²) in [6.07, 6.45) is 8.06. The summed E-state index contributed by atoms with van der Waals surface area (Å²) in [5.74, 6) is 0.582. The Labute approximate surface area is 110 Å². The third kappa shape index (κ3) is 2.32. The minimum Gasteiger partial charge on any atom is -0.370 e. The van der Waals surface area contributed by atoms with Crippen LogP contribution in [-0.4, -0.2) is 12.6 Å². The van der Waals surface area contributed by atoms with Crippen molar-refractivity contribution in [2.45, 2.75) is 50.7 Å². The molecular formula is C16H23NO. The quantitative estimate of drug-likeness (QED) is 0.887. The van der Waals surface area contributed by atoms with Crippen molar-refractivity contribution in [1.82, 2.24) is 0 Å². The van der Waals surface area contributed by atoms with Crippen LogP contribution < -0.4 is 5.73 Å². The van der Waals surface area contributed by atoms with Gasteiger partial charge in [-0.15, -0.1) is 0 Å². The predicted molar refractivity (Wildman–Crippen MR) is 73.4 cm³/mol. The van der Waals surface area contributed by atoms with E-state index in [1.54, 1.807) is 0 Å². The van der Waals surface area contributed by atoms with Crippen molar-refractivity contribution in [3.05, 3.63) is 35.4 Å². The first-order chi connectivity index (χ1) is 8.88. The molecule has 0 bridgehead atoms. The van der Waals surface area contributed by atoms with Gasteiger partial charge in [-0.1, -0.05) is 30.7 Å². The van der Waals surface area contributed by atoms with Gasteiger partial charge in [-0.2, -0.15) is 0 Å². The number of hydrogen-bond acceptors (Lipinski definition) is 2. The normalized spacial score (nSPS) is 31.3. The molecule has 0 aromatic heterocycles. The Morgan fingerprint density at radius 3 is 2.89 bits per heavy atom. The molecule has 3 atom stereocenters. The molecule has 2 heteroatoms. The number of fused-ring (bicyclic) bond motifs is 1. The summed E-state index contributed by atoms with van der Waals surface area (Å²) in [6.45, 7) is 0.777. The van der Waals surface area contributed by atoms with Gasteiger partial charge in [0, 0.05) is 0 Å². The van der Waals surface area contributed by atoms with Crippen LogP contribution in [-0.2, 0) is 11.2 Å². The highest BCUT2D eigenvalue weighted by Gasteiger charge is 2.31. The van der Waals surface area contributed by atoms with E-state index in [2.05, 4.69) is 24.3 Å². The second-order valence-electron chi connectivity index (χ2n) is 5.68. The number of aryl methyl sites for hydroxylation is 1. The number of hydrogen-bond donors (Lipinski definition) is 1. The maximum Gasteiger partial charge on any atom is 0.0831 e. The lowest BCUT2D eigenvalue weighted by Crippen LogP contribution is -2.28. The van der Waals surface area contributed by atoms with Gasteiger partial charge in [-0.25, -0.2) is 0 Å². The molecule has 98 valence electrons. The van der Waals surface area contributed by atoms with Gasteiger partial charge in [0.05, 0.1) is 12.2 Å². The average molecular weight is 245 g/mol. The Morgan fingerprint density at radius 2 is 2.00 bits per heavy atom. The standard InChI is InChI=1S/C16H23NO/c17-11-13-7-4-9-15(13)18-16-10-3-6-12-5-1-2-8-14(12)16/h1-2,5,8,13,15-16H,3-4,6-7,9-11,17H2. The molecule has 0 aliphatic heterocycles. The zero-order valence-corrected chi connectivity index (χ0v) is 11.0. The summed E-state index contributed by atoms with van der Waals surface area (Å²) >= 11 is 0. The summed E-state index contributed by atoms with van der Waals surface area (Å²) < 4.78 is 6.40. The minimum absolute atomic E-state index is 0.312. The highest BCUT2D eigenvalue weighted by atomic mass is 16.5. The van der Waals surface area contributed by atoms with E-state index in [0.717, 1.165) is 6.54 Å². The van der Waals surface area contributed by atoms with E-state index in [1.807, 2.05) is 0 Å². The molecule has 2 aliphatic rings. The number of ether oxygens (including phenoxy) is 1. The second kappa shape index (κ2) is 5.41. The topological polar surface area (TPSA) is 35.2 Å². The average Bonchev–Trinajstić information content (AvgIpc) is 2.86. The number of nitrogens with two attached hydrogens (primary N) is 1. The van der Waals surface area contributed by atoms with Crippen LogP contribution in [0.5, 0.6) is 0 Å². The fourth-order valence-corrected chi connectivity index (χ4v) is 3.51. The van der Waals surface area contributed by atoms with Crippen molar-refractivity contribution < 1.29 is 4.74 Å². The Balaban J connectivity index is 1.74. The predicted octanol–water partition coefficient (Wildman–Crippen LogP) is 3.21. The molecule has 1 fully saturated rings. The first-order valence-electron chi connectivity index (χ1n) is 7.32. The molecule has 0 radical (unpaired) electrons. The first kappa shape index (κ1) is 12.2. The van der Waals surface area contributed by atoms with E-state index < -0.39 is 0 Å². The number of benzene rings is 1. The van der Waals surface area contributed by atoms with Crippen molar-refractivity contribution in [1.29, 1.82) is 0 Å². The lowest BCUT2D eigenvalue weighted by Gasteiger charge is -2.30. The lowest BCUT2D eigenvalue weighted by atomic mass is 9.89. The molecule has 2 aliphatic carbocycles. The monoisotopic (exact) mass is 245 g/mol. The Morgan fingerprint density at radius 1 is 1.11 bits per heavy atom. The smallest absolute Gasteiger partial charge is 0.0831 e. The van der Waals surface area contributed by atoms with Gasteiger partial charge in [0.25, 0.3) is 0 Å². The van der Waals surface area contributed by atoms with Crippen molar-refractivity contribution in [3.8, 4) is 0 Å². The fraction of sp³-hybridized carbons (Fsp3) is 0.625. The number of rotatable bonds is 3. The maximum absolute atomic E-state index is 6.40. The summed E-state index contributed by atoms with van der Waals surface area (Å²) in [6, 6.07) is 8.76. The van der Waals surface area contributed by atoms with Crippen LogP contribution >= 0.6 is 0 Å². The molecule has 2 N–H and O–H groups in total. The molecular weight excluding hydrogens is 222 g/mol. The molecule has 0 heterocycles. The fourth-order valence-electron chi connectivity index (χ4n) is 3.51. The molecule has 0 spiro atoms. The van der Waals surface area contributed by atoms with Crippen LogP contribution in [0.25, 0.3) is 0 Å². The Hall–Kier alpha value is -0.860.